The van der Waals surface area contributed by atoms with Crippen LogP contribution in [0.25, 0.3) is 53.9 Å². The summed E-state index contributed by atoms with van der Waals surface area (Å²) in [6.45, 7) is 5.19. The van der Waals surface area contributed by atoms with Crippen molar-refractivity contribution in [1.82, 2.24) is 40.4 Å². The Balaban J connectivity index is 0.866. The van der Waals surface area contributed by atoms with E-state index in [2.05, 4.69) is 67.8 Å². The maximum Gasteiger partial charge on any atom is 0.407 e. The number of aromatic amines is 2. The number of rotatable bonds is 11. The van der Waals surface area contributed by atoms with E-state index in [1.807, 2.05) is 50.3 Å². The zero-order chi connectivity index (χ0) is 46.4. The van der Waals surface area contributed by atoms with Gasteiger partial charge in [-0.25, -0.2) is 19.6 Å². The number of hydrogen-bond donors (Lipinski definition) is 4. The summed E-state index contributed by atoms with van der Waals surface area (Å²) in [6, 6.07) is 20.9. The van der Waals surface area contributed by atoms with Gasteiger partial charge in [0, 0.05) is 34.9 Å². The highest BCUT2D eigenvalue weighted by molar-refractivity contribution is 7.27. The van der Waals surface area contributed by atoms with Gasteiger partial charge >= 0.3 is 12.2 Å². The topological polar surface area (TPSA) is 193 Å². The third-order valence-corrected chi connectivity index (χ3v) is 14.8. The zero-order valence-electron chi connectivity index (χ0n) is 37.1. The number of alkyl carbamates (subject to hydrolysis) is 2. The van der Waals surface area contributed by atoms with Gasteiger partial charge in [0.1, 0.15) is 29.8 Å². The number of aromatic nitrogens is 4. The van der Waals surface area contributed by atoms with Gasteiger partial charge in [0.2, 0.25) is 5.91 Å². The fraction of sp³-hybridized carbons (Fsp3) is 0.306. The van der Waals surface area contributed by atoms with E-state index in [4.69, 9.17) is 28.9 Å². The van der Waals surface area contributed by atoms with Crippen LogP contribution in [0.3, 0.4) is 0 Å². The van der Waals surface area contributed by atoms with Gasteiger partial charge in [-0.2, -0.15) is 0 Å². The average Bonchev–Trinajstić information content (AvgIpc) is 4.22. The molecular formula is C49H48N8O8S2. The molecule has 0 radical (unpaired) electrons. The van der Waals surface area contributed by atoms with Crippen LogP contribution in [0.2, 0.25) is 0 Å². The summed E-state index contributed by atoms with van der Waals surface area (Å²) >= 11 is 3.42. The van der Waals surface area contributed by atoms with E-state index in [1.54, 1.807) is 50.8 Å². The lowest BCUT2D eigenvalue weighted by atomic mass is 10.0. The normalized spacial score (nSPS) is 18.6. The first-order valence-electron chi connectivity index (χ1n) is 22.0. The number of likely N-dealkylation sites (tertiary alicyclic amines) is 1. The summed E-state index contributed by atoms with van der Waals surface area (Å²) in [5, 5.41) is 9.81. The van der Waals surface area contributed by atoms with E-state index in [1.165, 1.54) is 23.6 Å². The number of benzene rings is 3. The van der Waals surface area contributed by atoms with Crippen LogP contribution in [0.4, 0.5) is 9.59 Å². The van der Waals surface area contributed by atoms with E-state index in [0.717, 1.165) is 44.5 Å². The number of methoxy groups -OCH3 is 2. The Morgan fingerprint density at radius 1 is 0.806 bits per heavy atom. The second kappa shape index (κ2) is 18.1. The van der Waals surface area contributed by atoms with Crippen molar-refractivity contribution in [3.63, 3.8) is 0 Å². The molecule has 0 aliphatic carbocycles. The molecule has 4 atom stereocenters. The van der Waals surface area contributed by atoms with Crippen molar-refractivity contribution in [2.24, 2.45) is 5.92 Å². The van der Waals surface area contributed by atoms with Gasteiger partial charge in [-0.05, 0) is 40.3 Å². The van der Waals surface area contributed by atoms with Crippen molar-refractivity contribution in [1.29, 1.82) is 0 Å². The minimum absolute atomic E-state index is 0.144. The fourth-order valence-corrected chi connectivity index (χ4v) is 11.7. The van der Waals surface area contributed by atoms with Crippen molar-refractivity contribution >= 4 is 67.1 Å². The molecule has 7 aromatic rings. The molecule has 10 rings (SSSR count). The molecule has 0 bridgehead atoms. The lowest BCUT2D eigenvalue weighted by Gasteiger charge is -2.29. The molecular weight excluding hydrogens is 893 g/mol. The molecule has 344 valence electrons. The van der Waals surface area contributed by atoms with Gasteiger partial charge in [-0.3, -0.25) is 9.59 Å². The summed E-state index contributed by atoms with van der Waals surface area (Å²) in [5.41, 5.74) is 8.41. The highest BCUT2D eigenvalue weighted by atomic mass is 32.1. The number of ether oxygens (including phenoxy) is 4. The van der Waals surface area contributed by atoms with Gasteiger partial charge in [-0.15, -0.1) is 22.7 Å². The van der Waals surface area contributed by atoms with Gasteiger partial charge < -0.3 is 49.3 Å². The largest absolute Gasteiger partial charge is 0.453 e. The maximum absolute atomic E-state index is 14.4. The predicted molar refractivity (Wildman–Crippen MR) is 254 cm³/mol. The molecule has 4 aromatic heterocycles. The number of H-pyrrole nitrogens is 2. The zero-order valence-corrected chi connectivity index (χ0v) is 38.7. The average molecular weight is 941 g/mol. The Hall–Kier alpha value is -6.86. The quantitative estimate of drug-likeness (QED) is 0.0915. The molecule has 2 fully saturated rings. The summed E-state index contributed by atoms with van der Waals surface area (Å²) in [6.07, 6.45) is 4.68. The molecule has 16 nitrogen and oxygen atoms in total. The molecule has 67 heavy (non-hydrogen) atoms. The van der Waals surface area contributed by atoms with Crippen LogP contribution in [0, 0.1) is 5.92 Å². The van der Waals surface area contributed by atoms with Crippen molar-refractivity contribution in [3.8, 4) is 33.5 Å². The molecule has 4 N–H and O–H groups in total. The number of nitrogens with zero attached hydrogens (tertiary/aromatic N) is 4. The van der Waals surface area contributed by atoms with Crippen LogP contribution in [-0.4, -0.2) is 106 Å². The molecule has 3 aliphatic rings. The van der Waals surface area contributed by atoms with E-state index in [0.29, 0.717) is 43.4 Å². The first kappa shape index (κ1) is 44.0. The smallest absolute Gasteiger partial charge is 0.407 e. The van der Waals surface area contributed by atoms with Crippen molar-refractivity contribution in [3.05, 3.63) is 119 Å². The summed E-state index contributed by atoms with van der Waals surface area (Å²) in [4.78, 5) is 72.6. The second-order valence-electron chi connectivity index (χ2n) is 17.1. The van der Waals surface area contributed by atoms with Crippen LogP contribution in [0.1, 0.15) is 55.6 Å². The summed E-state index contributed by atoms with van der Waals surface area (Å²) in [5.74, 6) is -0.423. The highest BCUT2D eigenvalue weighted by Crippen LogP contribution is 2.46. The monoisotopic (exact) mass is 940 g/mol. The lowest BCUT2D eigenvalue weighted by molar-refractivity contribution is -0.153. The van der Waals surface area contributed by atoms with Gasteiger partial charge in [0.05, 0.1) is 72.3 Å². The first-order chi connectivity index (χ1) is 32.5. The molecule has 2 unspecified atom stereocenters. The van der Waals surface area contributed by atoms with Crippen LogP contribution in [0.15, 0.2) is 102 Å². The van der Waals surface area contributed by atoms with Crippen LogP contribution < -0.4 is 10.6 Å². The number of carbonyl (C=O) groups excluding carboxylic acids is 4. The third kappa shape index (κ3) is 8.34. The molecule has 4 amide bonds. The Morgan fingerprint density at radius 2 is 1.48 bits per heavy atom. The van der Waals surface area contributed by atoms with Crippen molar-refractivity contribution in [2.75, 3.05) is 40.5 Å². The number of carbonyl (C=O) groups is 4. The molecule has 0 saturated carbocycles. The van der Waals surface area contributed by atoms with E-state index in [-0.39, 0.29) is 24.3 Å². The standard InChI is InChI=1S/C49H48N8O8S2/c1-27(2)39(54-47(60)62-3)45(58)56-18-8-11-37(56)44-51-34-17-16-31(21-35(34)52-44)33-25-67-41-32(24-66-42(33)41)28-12-14-29(15-13-28)36-23-50-43(53-36)38-22-49(64-19-20-65-49)26-57(38)46(59)40(55-48(61)63-4)30-9-6-5-7-10-30/h5-17,21,23-25,27,37-40H,18-20,22,26H2,1-4H3,(H,50,53)(H,51,52)(H,54,60)(H,55,61)/t37?,38?,39-,40+/m0/s1. The van der Waals surface area contributed by atoms with E-state index >= 15 is 0 Å². The van der Waals surface area contributed by atoms with Crippen LogP contribution in [0.5, 0.6) is 0 Å². The SMILES string of the molecule is COC(=O)N[C@H](C(=O)N1CC=CC1c1nc2ccc(-c3csc4c(-c5ccc(-c6cnc(C7CC8(CN7C(=O)[C@H](NC(=O)OC)c7ccccc7)OCCO8)[nH]6)cc5)csc34)cc2[nH]1)C(C)C. The van der Waals surface area contributed by atoms with Gasteiger partial charge in [0.25, 0.3) is 5.91 Å². The van der Waals surface area contributed by atoms with Gasteiger partial charge in [0.15, 0.2) is 5.79 Å². The molecule has 3 aliphatic heterocycles. The highest BCUT2D eigenvalue weighted by Gasteiger charge is 2.52. The summed E-state index contributed by atoms with van der Waals surface area (Å²) < 4.78 is 24.2. The molecule has 2 saturated heterocycles. The molecule has 7 heterocycles. The third-order valence-electron chi connectivity index (χ3n) is 12.6. The number of nitrogens with one attached hydrogen (secondary N) is 4. The Morgan fingerprint density at radius 3 is 2.18 bits per heavy atom. The minimum atomic E-state index is -1.000. The molecule has 1 spiro atoms. The first-order valence-corrected chi connectivity index (χ1v) is 23.7. The van der Waals surface area contributed by atoms with Crippen molar-refractivity contribution in [2.45, 2.75) is 50.2 Å². The number of amides is 4. The minimum Gasteiger partial charge on any atom is -0.453 e. The number of hydrogen-bond acceptors (Lipinski definition) is 12. The summed E-state index contributed by atoms with van der Waals surface area (Å²) in [7, 11) is 2.55. The Bertz CT molecular complexity index is 3010. The number of fused-ring (bicyclic) bond motifs is 2. The van der Waals surface area contributed by atoms with E-state index in [9.17, 15) is 19.2 Å². The Labute approximate surface area is 393 Å². The number of thiophene rings is 2. The number of imidazole rings is 2. The van der Waals surface area contributed by atoms with Crippen LogP contribution in [-0.2, 0) is 28.5 Å². The molecule has 3 aromatic carbocycles. The van der Waals surface area contributed by atoms with Gasteiger partial charge in [-0.1, -0.05) is 86.7 Å². The Kier molecular flexibility index (Phi) is 11.9. The lowest BCUT2D eigenvalue weighted by Crippen LogP contribution is -2.51. The molecule has 18 heteroatoms. The predicted octanol–water partition coefficient (Wildman–Crippen LogP) is 8.50. The fourth-order valence-electron chi connectivity index (χ4n) is 9.20. The van der Waals surface area contributed by atoms with E-state index < -0.39 is 42.1 Å². The maximum atomic E-state index is 14.4. The van der Waals surface area contributed by atoms with Crippen LogP contribution >= 0.6 is 22.7 Å². The second-order valence-corrected chi connectivity index (χ2v) is 18.8. The van der Waals surface area contributed by atoms with Crippen molar-refractivity contribution < 1.29 is 38.1 Å².